The van der Waals surface area contributed by atoms with Gasteiger partial charge in [0.15, 0.2) is 0 Å². The van der Waals surface area contributed by atoms with Crippen molar-refractivity contribution >= 4 is 0 Å². The molecule has 0 unspecified atom stereocenters. The molecule has 0 saturated carbocycles. The van der Waals surface area contributed by atoms with Gasteiger partial charge >= 0.3 is 0 Å². The van der Waals surface area contributed by atoms with Crippen molar-refractivity contribution in [1.82, 2.24) is 4.90 Å². The summed E-state index contributed by atoms with van der Waals surface area (Å²) in [6.07, 6.45) is 0. The predicted molar refractivity (Wildman–Crippen MR) is 89.9 cm³/mol. The van der Waals surface area contributed by atoms with Crippen molar-refractivity contribution in [3.8, 4) is 0 Å². The molecule has 0 radical (unpaired) electrons. The molecule has 0 aromatic carbocycles. The largest absolute Gasteiger partial charge is 0.323 e. The fourth-order valence-corrected chi connectivity index (χ4v) is 5.07. The molecule has 2 nitrogen and oxygen atoms in total. The van der Waals surface area contributed by atoms with Crippen molar-refractivity contribution in [3.05, 3.63) is 0 Å². The second kappa shape index (κ2) is 4.01. The second-order valence-electron chi connectivity index (χ2n) is 10.1. The number of hydrogen-bond acceptors (Lipinski definition) is 2. The summed E-state index contributed by atoms with van der Waals surface area (Å²) >= 11 is 0. The van der Waals surface area contributed by atoms with Crippen LogP contribution in [0.5, 0.6) is 0 Å². The molecule has 1 fully saturated rings. The summed E-state index contributed by atoms with van der Waals surface area (Å²) in [5, 5.41) is 0. The van der Waals surface area contributed by atoms with E-state index in [0.29, 0.717) is 0 Å². The number of rotatable bonds is 0. The Bertz CT molecular complexity index is 362. The van der Waals surface area contributed by atoms with E-state index in [1.807, 2.05) is 0 Å². The zero-order valence-electron chi connectivity index (χ0n) is 16.0. The van der Waals surface area contributed by atoms with Crippen LogP contribution in [-0.4, -0.2) is 27.1 Å². The Morgan fingerprint density at radius 3 is 1.30 bits per heavy atom. The highest BCUT2D eigenvalue weighted by molar-refractivity contribution is 5.25. The first-order valence-corrected chi connectivity index (χ1v) is 7.96. The normalized spacial score (nSPS) is 35.9. The standard InChI is InChI=1S/C18H38N2/c1-13(2,3)20-16(8,9)14(4,5)15(6,7)18(12,19)17(20,10)11/h19H2,1-12H3/t18-/m1/s1. The van der Waals surface area contributed by atoms with Gasteiger partial charge in [0, 0.05) is 22.2 Å². The predicted octanol–water partition coefficient (Wildman–Crippen LogP) is 4.43. The number of hydrogen-bond donors (Lipinski definition) is 1. The lowest BCUT2D eigenvalue weighted by molar-refractivity contribution is -0.242. The maximum atomic E-state index is 6.98. The van der Waals surface area contributed by atoms with Crippen LogP contribution in [0.3, 0.4) is 0 Å². The van der Waals surface area contributed by atoms with Crippen LogP contribution in [-0.2, 0) is 0 Å². The Morgan fingerprint density at radius 1 is 0.650 bits per heavy atom. The Kier molecular flexibility index (Phi) is 3.60. The van der Waals surface area contributed by atoms with Gasteiger partial charge in [0.1, 0.15) is 0 Å². The fourth-order valence-electron chi connectivity index (χ4n) is 5.07. The lowest BCUT2D eigenvalue weighted by Gasteiger charge is -2.76. The molecule has 1 atom stereocenters. The van der Waals surface area contributed by atoms with Gasteiger partial charge in [0.25, 0.3) is 0 Å². The van der Waals surface area contributed by atoms with Gasteiger partial charge in [-0.2, -0.15) is 0 Å². The van der Waals surface area contributed by atoms with Crippen LogP contribution in [0.25, 0.3) is 0 Å². The lowest BCUT2D eigenvalue weighted by Crippen LogP contribution is -2.86. The third-order valence-corrected chi connectivity index (χ3v) is 7.45. The number of piperidine rings is 1. The van der Waals surface area contributed by atoms with Gasteiger partial charge in [0.05, 0.1) is 0 Å². The maximum Gasteiger partial charge on any atom is 0.0365 e. The highest BCUT2D eigenvalue weighted by Crippen LogP contribution is 2.63. The molecule has 1 aliphatic heterocycles. The number of likely N-dealkylation sites (tertiary alicyclic amines) is 1. The van der Waals surface area contributed by atoms with Gasteiger partial charge in [-0.05, 0) is 66.2 Å². The van der Waals surface area contributed by atoms with Gasteiger partial charge in [-0.1, -0.05) is 27.7 Å². The second-order valence-corrected chi connectivity index (χ2v) is 10.1. The van der Waals surface area contributed by atoms with E-state index < -0.39 is 0 Å². The summed E-state index contributed by atoms with van der Waals surface area (Å²) in [5.41, 5.74) is 6.84. The lowest BCUT2D eigenvalue weighted by atomic mass is 9.43. The smallest absolute Gasteiger partial charge is 0.0365 e. The molecule has 0 amide bonds. The van der Waals surface area contributed by atoms with Crippen molar-refractivity contribution in [2.75, 3.05) is 0 Å². The van der Waals surface area contributed by atoms with E-state index >= 15 is 0 Å². The highest BCUT2D eigenvalue weighted by atomic mass is 15.4. The fraction of sp³-hybridized carbons (Fsp3) is 1.00. The SMILES string of the molecule is CC(C)(C)N1C(C)(C)C(C)(C)C(C)(C)[C@@](C)(N)C1(C)C. The molecule has 1 rings (SSSR count). The summed E-state index contributed by atoms with van der Waals surface area (Å²) in [6, 6.07) is 0. The van der Waals surface area contributed by atoms with Gasteiger partial charge in [0.2, 0.25) is 0 Å². The van der Waals surface area contributed by atoms with Crippen LogP contribution in [0.4, 0.5) is 0 Å². The Hall–Kier alpha value is -0.0800. The van der Waals surface area contributed by atoms with E-state index in [2.05, 4.69) is 88.0 Å². The molecule has 0 bridgehead atoms. The topological polar surface area (TPSA) is 29.3 Å². The minimum absolute atomic E-state index is 0.0226. The first kappa shape index (κ1) is 18.0. The van der Waals surface area contributed by atoms with Crippen LogP contribution in [0, 0.1) is 10.8 Å². The van der Waals surface area contributed by atoms with Crippen molar-refractivity contribution in [2.45, 2.75) is 105 Å². The number of nitrogens with zero attached hydrogens (tertiary/aromatic N) is 1. The molecule has 2 N–H and O–H groups in total. The minimum Gasteiger partial charge on any atom is -0.323 e. The van der Waals surface area contributed by atoms with Gasteiger partial charge in [-0.3, -0.25) is 4.90 Å². The molecule has 120 valence electrons. The van der Waals surface area contributed by atoms with E-state index in [0.717, 1.165) is 0 Å². The minimum atomic E-state index is -0.285. The summed E-state index contributed by atoms with van der Waals surface area (Å²) in [6.45, 7) is 28.0. The van der Waals surface area contributed by atoms with Crippen LogP contribution in [0.1, 0.15) is 83.1 Å². The molecular weight excluding hydrogens is 244 g/mol. The molecule has 0 aliphatic carbocycles. The van der Waals surface area contributed by atoms with E-state index in [-0.39, 0.29) is 33.0 Å². The maximum absolute atomic E-state index is 6.98. The van der Waals surface area contributed by atoms with Crippen molar-refractivity contribution in [2.24, 2.45) is 16.6 Å². The average molecular weight is 283 g/mol. The van der Waals surface area contributed by atoms with Gasteiger partial charge < -0.3 is 5.73 Å². The Labute approximate surface area is 127 Å². The van der Waals surface area contributed by atoms with Crippen molar-refractivity contribution in [1.29, 1.82) is 0 Å². The van der Waals surface area contributed by atoms with Crippen LogP contribution < -0.4 is 5.73 Å². The molecule has 20 heavy (non-hydrogen) atoms. The third kappa shape index (κ3) is 1.76. The summed E-state index contributed by atoms with van der Waals surface area (Å²) in [5.74, 6) is 0. The van der Waals surface area contributed by atoms with Gasteiger partial charge in [-0.25, -0.2) is 0 Å². The first-order chi connectivity index (χ1) is 8.37. The van der Waals surface area contributed by atoms with E-state index in [1.54, 1.807) is 0 Å². The quantitative estimate of drug-likeness (QED) is 0.712. The Balaban J connectivity index is 3.74. The summed E-state index contributed by atoms with van der Waals surface area (Å²) in [7, 11) is 0. The van der Waals surface area contributed by atoms with Crippen LogP contribution in [0.15, 0.2) is 0 Å². The van der Waals surface area contributed by atoms with E-state index in [9.17, 15) is 0 Å². The third-order valence-electron chi connectivity index (χ3n) is 7.45. The Morgan fingerprint density at radius 2 is 1.00 bits per heavy atom. The molecule has 2 heteroatoms. The zero-order valence-corrected chi connectivity index (χ0v) is 16.0. The number of nitrogens with two attached hydrogens (primary N) is 1. The summed E-state index contributed by atoms with van der Waals surface area (Å²) < 4.78 is 0. The summed E-state index contributed by atoms with van der Waals surface area (Å²) in [4.78, 5) is 2.65. The molecule has 0 aromatic rings. The molecular formula is C18H38N2. The average Bonchev–Trinajstić information content (AvgIpc) is 2.11. The molecule has 1 aliphatic rings. The molecule has 1 heterocycles. The molecule has 1 saturated heterocycles. The van der Waals surface area contributed by atoms with E-state index in [1.165, 1.54) is 0 Å². The van der Waals surface area contributed by atoms with Crippen molar-refractivity contribution < 1.29 is 0 Å². The molecule has 0 aromatic heterocycles. The van der Waals surface area contributed by atoms with Crippen LogP contribution in [0.2, 0.25) is 0 Å². The van der Waals surface area contributed by atoms with Crippen molar-refractivity contribution in [3.63, 3.8) is 0 Å². The monoisotopic (exact) mass is 282 g/mol. The first-order valence-electron chi connectivity index (χ1n) is 7.96. The van der Waals surface area contributed by atoms with Crippen LogP contribution >= 0.6 is 0 Å². The molecule has 0 spiro atoms. The zero-order chi connectivity index (χ0) is 16.6. The van der Waals surface area contributed by atoms with E-state index in [4.69, 9.17) is 5.73 Å². The highest BCUT2D eigenvalue weighted by Gasteiger charge is 2.70. The van der Waals surface area contributed by atoms with Gasteiger partial charge in [-0.15, -0.1) is 0 Å².